The average molecular weight is 341 g/mol. The first kappa shape index (κ1) is 18.1. The van der Waals surface area contributed by atoms with Crippen LogP contribution >= 0.6 is 0 Å². The Morgan fingerprint density at radius 1 is 1.20 bits per heavy atom. The number of nitro groups is 1. The monoisotopic (exact) mass is 341 g/mol. The van der Waals surface area contributed by atoms with Crippen LogP contribution in [0.15, 0.2) is 53.6 Å². The number of nitrogens with zero attached hydrogens (tertiary/aromatic N) is 2. The fraction of sp³-hybridized carbons (Fsp3) is 0.222. The minimum atomic E-state index is -0.518. The molecule has 0 bridgehead atoms. The lowest BCUT2D eigenvalue weighted by Gasteiger charge is -2.05. The molecule has 0 aliphatic heterocycles. The van der Waals surface area contributed by atoms with Gasteiger partial charge in [0, 0.05) is 17.7 Å². The van der Waals surface area contributed by atoms with Gasteiger partial charge < -0.3 is 4.74 Å². The van der Waals surface area contributed by atoms with Crippen LogP contribution in [-0.4, -0.2) is 23.7 Å². The molecule has 0 atom stereocenters. The van der Waals surface area contributed by atoms with Crippen molar-refractivity contribution < 1.29 is 14.5 Å². The maximum Gasteiger partial charge on any atom is 0.271 e. The van der Waals surface area contributed by atoms with Crippen molar-refractivity contribution in [2.45, 2.75) is 19.8 Å². The van der Waals surface area contributed by atoms with E-state index >= 15 is 0 Å². The predicted molar refractivity (Wildman–Crippen MR) is 95.0 cm³/mol. The lowest BCUT2D eigenvalue weighted by molar-refractivity contribution is -0.384. The molecule has 2 rings (SSSR count). The quantitative estimate of drug-likeness (QED) is 0.344. The largest absolute Gasteiger partial charge is 0.494 e. The Balaban J connectivity index is 1.87. The summed E-state index contributed by atoms with van der Waals surface area (Å²) < 4.78 is 5.57. The molecule has 0 saturated carbocycles. The van der Waals surface area contributed by atoms with Gasteiger partial charge in [-0.25, -0.2) is 5.43 Å². The Morgan fingerprint density at radius 3 is 2.48 bits per heavy atom. The summed E-state index contributed by atoms with van der Waals surface area (Å²) >= 11 is 0. The zero-order valence-corrected chi connectivity index (χ0v) is 13.8. The molecule has 0 unspecified atom stereocenters. The first-order valence-corrected chi connectivity index (χ1v) is 7.91. The second kappa shape index (κ2) is 9.17. The summed E-state index contributed by atoms with van der Waals surface area (Å²) in [4.78, 5) is 22.0. The number of benzene rings is 2. The van der Waals surface area contributed by atoms with Gasteiger partial charge in [-0.3, -0.25) is 14.9 Å². The van der Waals surface area contributed by atoms with Crippen molar-refractivity contribution in [3.05, 3.63) is 69.8 Å². The van der Waals surface area contributed by atoms with E-state index < -0.39 is 10.8 Å². The predicted octanol–water partition coefficient (Wildman–Crippen LogP) is 3.54. The number of non-ortho nitro benzene ring substituents is 1. The van der Waals surface area contributed by atoms with Crippen LogP contribution in [0, 0.1) is 10.1 Å². The molecule has 7 nitrogen and oxygen atoms in total. The van der Waals surface area contributed by atoms with E-state index in [0.717, 1.165) is 24.2 Å². The third-order valence-corrected chi connectivity index (χ3v) is 3.37. The number of ether oxygens (including phenoxy) is 1. The smallest absolute Gasteiger partial charge is 0.271 e. The standard InChI is InChI=1S/C18H19N3O4/c1-2-3-12-25-17-10-4-14(5-11-17)13-19-20-18(22)15-6-8-16(9-7-15)21(23)24/h4-11,13H,2-3,12H2,1H3,(H,20,22)/b19-13-. The van der Waals surface area contributed by atoms with Crippen molar-refractivity contribution in [1.29, 1.82) is 0 Å². The summed E-state index contributed by atoms with van der Waals surface area (Å²) in [6, 6.07) is 12.7. The second-order valence-electron chi connectivity index (χ2n) is 5.27. The molecule has 0 radical (unpaired) electrons. The van der Waals surface area contributed by atoms with Crippen molar-refractivity contribution in [2.75, 3.05) is 6.61 Å². The number of rotatable bonds is 8. The van der Waals surface area contributed by atoms with Crippen molar-refractivity contribution in [3.8, 4) is 5.75 Å². The molecule has 25 heavy (non-hydrogen) atoms. The Bertz CT molecular complexity index is 740. The van der Waals surface area contributed by atoms with Crippen LogP contribution in [0.4, 0.5) is 5.69 Å². The summed E-state index contributed by atoms with van der Waals surface area (Å²) in [5.41, 5.74) is 3.42. The van der Waals surface area contributed by atoms with Crippen molar-refractivity contribution in [2.24, 2.45) is 5.10 Å². The molecule has 0 spiro atoms. The summed E-state index contributed by atoms with van der Waals surface area (Å²) in [5.74, 6) is 0.353. The second-order valence-corrected chi connectivity index (χ2v) is 5.27. The number of hydrogen-bond acceptors (Lipinski definition) is 5. The number of hydrazone groups is 1. The highest BCUT2D eigenvalue weighted by Gasteiger charge is 2.08. The number of carbonyl (C=O) groups excluding carboxylic acids is 1. The molecule has 0 fully saturated rings. The normalized spacial score (nSPS) is 10.6. The average Bonchev–Trinajstić information content (AvgIpc) is 2.63. The zero-order valence-electron chi connectivity index (χ0n) is 13.8. The minimum Gasteiger partial charge on any atom is -0.494 e. The first-order chi connectivity index (χ1) is 12.1. The molecule has 1 N–H and O–H groups in total. The summed E-state index contributed by atoms with van der Waals surface area (Å²) in [5, 5.41) is 14.5. The molecular formula is C18H19N3O4. The van der Waals surface area contributed by atoms with Crippen molar-refractivity contribution >= 4 is 17.8 Å². The topological polar surface area (TPSA) is 93.8 Å². The van der Waals surface area contributed by atoms with Crippen LogP contribution in [-0.2, 0) is 0 Å². The van der Waals surface area contributed by atoms with E-state index in [1.165, 1.54) is 30.5 Å². The molecule has 0 aromatic heterocycles. The van der Waals surface area contributed by atoms with Gasteiger partial charge >= 0.3 is 0 Å². The molecule has 0 aliphatic rings. The highest BCUT2D eigenvalue weighted by molar-refractivity contribution is 5.95. The van der Waals surface area contributed by atoms with Crippen molar-refractivity contribution in [3.63, 3.8) is 0 Å². The van der Waals surface area contributed by atoms with E-state index in [1.54, 1.807) is 0 Å². The fourth-order valence-corrected chi connectivity index (χ4v) is 1.95. The molecule has 2 aromatic rings. The maximum absolute atomic E-state index is 11.9. The van der Waals surface area contributed by atoms with Gasteiger partial charge in [0.25, 0.3) is 11.6 Å². The lowest BCUT2D eigenvalue weighted by Crippen LogP contribution is -2.17. The number of nitrogens with one attached hydrogen (secondary N) is 1. The van der Waals surface area contributed by atoms with Gasteiger partial charge in [-0.1, -0.05) is 13.3 Å². The SMILES string of the molecule is CCCCOc1ccc(/C=N\NC(=O)c2ccc([N+](=O)[O-])cc2)cc1. The van der Waals surface area contributed by atoms with E-state index in [2.05, 4.69) is 17.5 Å². The molecule has 0 heterocycles. The molecule has 2 aromatic carbocycles. The molecule has 130 valence electrons. The highest BCUT2D eigenvalue weighted by Crippen LogP contribution is 2.12. The van der Waals surface area contributed by atoms with Crippen LogP contribution in [0.25, 0.3) is 0 Å². The highest BCUT2D eigenvalue weighted by atomic mass is 16.6. The van der Waals surface area contributed by atoms with E-state index in [4.69, 9.17) is 4.74 Å². The molecule has 0 aliphatic carbocycles. The van der Waals surface area contributed by atoms with E-state index in [0.29, 0.717) is 12.2 Å². The van der Waals surface area contributed by atoms with Gasteiger partial charge in [0.05, 0.1) is 17.7 Å². The van der Waals surface area contributed by atoms with Gasteiger partial charge in [-0.05, 0) is 48.4 Å². The fourth-order valence-electron chi connectivity index (χ4n) is 1.95. The maximum atomic E-state index is 11.9. The van der Waals surface area contributed by atoms with Crippen LogP contribution in [0.3, 0.4) is 0 Å². The number of nitro benzene ring substituents is 1. The lowest BCUT2D eigenvalue weighted by atomic mass is 10.2. The van der Waals surface area contributed by atoms with Crippen LogP contribution < -0.4 is 10.2 Å². The zero-order chi connectivity index (χ0) is 18.1. The summed E-state index contributed by atoms with van der Waals surface area (Å²) in [6.07, 6.45) is 3.61. The number of unbranched alkanes of at least 4 members (excludes halogenated alkanes) is 1. The molecule has 7 heteroatoms. The van der Waals surface area contributed by atoms with Gasteiger partial charge in [0.1, 0.15) is 5.75 Å². The van der Waals surface area contributed by atoms with Gasteiger partial charge in [0.2, 0.25) is 0 Å². The third kappa shape index (κ3) is 5.72. The van der Waals surface area contributed by atoms with Crippen LogP contribution in [0.1, 0.15) is 35.7 Å². The first-order valence-electron chi connectivity index (χ1n) is 7.91. The summed E-state index contributed by atoms with van der Waals surface area (Å²) in [6.45, 7) is 2.79. The number of hydrogen-bond donors (Lipinski definition) is 1. The van der Waals surface area contributed by atoms with Crippen molar-refractivity contribution in [1.82, 2.24) is 5.43 Å². The number of carbonyl (C=O) groups is 1. The minimum absolute atomic E-state index is 0.0682. The van der Waals surface area contributed by atoms with E-state index in [1.807, 2.05) is 24.3 Å². The van der Waals surface area contributed by atoms with Gasteiger partial charge in [0.15, 0.2) is 0 Å². The number of amides is 1. The Morgan fingerprint density at radius 2 is 1.88 bits per heavy atom. The Hall–Kier alpha value is -3.22. The summed E-state index contributed by atoms with van der Waals surface area (Å²) in [7, 11) is 0. The van der Waals surface area contributed by atoms with Crippen LogP contribution in [0.5, 0.6) is 5.75 Å². The van der Waals surface area contributed by atoms with Gasteiger partial charge in [-0.15, -0.1) is 0 Å². The molecular weight excluding hydrogens is 322 g/mol. The molecule has 0 saturated heterocycles. The van der Waals surface area contributed by atoms with Gasteiger partial charge in [-0.2, -0.15) is 5.10 Å². The Labute approximate surface area is 145 Å². The third-order valence-electron chi connectivity index (χ3n) is 3.37. The van der Waals surface area contributed by atoms with E-state index in [-0.39, 0.29) is 5.69 Å². The Kier molecular flexibility index (Phi) is 6.65. The van der Waals surface area contributed by atoms with Crippen LogP contribution in [0.2, 0.25) is 0 Å². The van der Waals surface area contributed by atoms with E-state index in [9.17, 15) is 14.9 Å². The molecule has 1 amide bonds.